The van der Waals surface area contributed by atoms with Crippen LogP contribution in [0, 0.1) is 5.92 Å². The van der Waals surface area contributed by atoms with Gasteiger partial charge in [-0.1, -0.05) is 6.42 Å². The van der Waals surface area contributed by atoms with Crippen molar-refractivity contribution in [2.75, 3.05) is 32.7 Å². The molecule has 5 rings (SSSR count). The van der Waals surface area contributed by atoms with Gasteiger partial charge in [-0.3, -0.25) is 15.6 Å². The van der Waals surface area contributed by atoms with E-state index < -0.39 is 6.17 Å². The van der Waals surface area contributed by atoms with E-state index in [0.717, 1.165) is 32.5 Å². The van der Waals surface area contributed by atoms with Gasteiger partial charge in [-0.25, -0.2) is 9.40 Å². The monoisotopic (exact) mass is 366 g/mol. The summed E-state index contributed by atoms with van der Waals surface area (Å²) in [7, 11) is 0. The van der Waals surface area contributed by atoms with Crippen molar-refractivity contribution in [1.82, 2.24) is 31.3 Å². The van der Waals surface area contributed by atoms with Crippen LogP contribution in [0.4, 0.5) is 4.39 Å². The molecule has 0 aromatic carbocycles. The highest BCUT2D eigenvalue weighted by molar-refractivity contribution is 5.00. The van der Waals surface area contributed by atoms with Crippen molar-refractivity contribution in [3.63, 3.8) is 0 Å². The van der Waals surface area contributed by atoms with Crippen LogP contribution in [0.25, 0.3) is 0 Å². The molecule has 6 nitrogen and oxygen atoms in total. The van der Waals surface area contributed by atoms with Crippen LogP contribution in [-0.2, 0) is 0 Å². The fourth-order valence-corrected chi connectivity index (χ4v) is 6.21. The van der Waals surface area contributed by atoms with Crippen molar-refractivity contribution in [3.05, 3.63) is 0 Å². The van der Waals surface area contributed by atoms with E-state index in [1.807, 2.05) is 0 Å². The summed E-state index contributed by atoms with van der Waals surface area (Å²) in [6.07, 6.45) is 8.19. The quantitative estimate of drug-likeness (QED) is 0.497. The zero-order valence-corrected chi connectivity index (χ0v) is 15.8. The SMILES string of the molecule is FC1CNC2CCCCNC3CNN4CCC(NC34)N3CCC[C@@H]3C2C1. The first-order valence-electron chi connectivity index (χ1n) is 10.9. The van der Waals surface area contributed by atoms with E-state index in [9.17, 15) is 4.39 Å². The van der Waals surface area contributed by atoms with Crippen molar-refractivity contribution in [3.8, 4) is 0 Å². The molecule has 0 amide bonds. The molecule has 26 heavy (non-hydrogen) atoms. The summed E-state index contributed by atoms with van der Waals surface area (Å²) in [6, 6.07) is 1.52. The van der Waals surface area contributed by atoms with Gasteiger partial charge in [-0.05, 0) is 57.5 Å². The standard InChI is InChI=1S/C19H35FN6/c20-13-10-14-15(22-11-13)4-1-2-7-21-16-12-23-26-9-6-18(24-19(16)26)25-8-3-5-17(14)25/h13-19,21-24H,1-12H2/t13?,14?,15?,16?,17-,18?,19?/m1/s1. The Labute approximate surface area is 156 Å². The zero-order valence-electron chi connectivity index (χ0n) is 15.8. The lowest BCUT2D eigenvalue weighted by Crippen LogP contribution is -2.66. The lowest BCUT2D eigenvalue weighted by Gasteiger charge is -2.47. The average Bonchev–Trinajstić information content (AvgIpc) is 3.28. The molecule has 0 spiro atoms. The summed E-state index contributed by atoms with van der Waals surface area (Å²) in [5.74, 6) is 0.465. The average molecular weight is 367 g/mol. The zero-order chi connectivity index (χ0) is 17.5. The molecular formula is C19H35FN6. The van der Waals surface area contributed by atoms with E-state index in [4.69, 9.17) is 0 Å². The predicted molar refractivity (Wildman–Crippen MR) is 100 cm³/mol. The summed E-state index contributed by atoms with van der Waals surface area (Å²) < 4.78 is 14.3. The number of hydrogen-bond acceptors (Lipinski definition) is 6. The van der Waals surface area contributed by atoms with Crippen LogP contribution < -0.4 is 21.4 Å². The molecule has 5 heterocycles. The van der Waals surface area contributed by atoms with Crippen LogP contribution in [0.1, 0.15) is 44.9 Å². The summed E-state index contributed by atoms with van der Waals surface area (Å²) in [6.45, 7) is 4.92. The molecule has 0 saturated carbocycles. The van der Waals surface area contributed by atoms with Crippen LogP contribution in [-0.4, -0.2) is 79.3 Å². The van der Waals surface area contributed by atoms with Gasteiger partial charge in [0.25, 0.3) is 0 Å². The van der Waals surface area contributed by atoms with Crippen molar-refractivity contribution in [1.29, 1.82) is 0 Å². The van der Waals surface area contributed by atoms with Crippen molar-refractivity contribution < 1.29 is 4.39 Å². The molecule has 0 aromatic rings. The minimum absolute atomic E-state index is 0.380. The van der Waals surface area contributed by atoms with Gasteiger partial charge in [0.05, 0.1) is 18.4 Å². The predicted octanol–water partition coefficient (Wildman–Crippen LogP) is 0.375. The summed E-state index contributed by atoms with van der Waals surface area (Å²) in [5.41, 5.74) is 3.57. The van der Waals surface area contributed by atoms with Gasteiger partial charge in [-0.15, -0.1) is 0 Å². The molecule has 4 N–H and O–H groups in total. The van der Waals surface area contributed by atoms with Gasteiger partial charge in [0.15, 0.2) is 0 Å². The summed E-state index contributed by atoms with van der Waals surface area (Å²) in [4.78, 5) is 2.71. The molecule has 0 aromatic heterocycles. The molecule has 7 atom stereocenters. The highest BCUT2D eigenvalue weighted by Crippen LogP contribution is 2.36. The number of halogens is 1. The lowest BCUT2D eigenvalue weighted by molar-refractivity contribution is -0.00176. The van der Waals surface area contributed by atoms with Gasteiger partial charge in [0, 0.05) is 31.7 Å². The second-order valence-electron chi connectivity index (χ2n) is 8.99. The molecule has 6 unspecified atom stereocenters. The molecule has 7 heteroatoms. The lowest BCUT2D eigenvalue weighted by atomic mass is 9.80. The Hall–Kier alpha value is -0.310. The minimum atomic E-state index is -0.672. The second kappa shape index (κ2) is 7.60. The maximum absolute atomic E-state index is 14.3. The Morgan fingerprint density at radius 1 is 0.885 bits per heavy atom. The Balaban J connectivity index is 1.39. The van der Waals surface area contributed by atoms with Crippen LogP contribution >= 0.6 is 0 Å². The van der Waals surface area contributed by atoms with Crippen LogP contribution in [0.2, 0.25) is 0 Å². The van der Waals surface area contributed by atoms with Gasteiger partial charge in [0.2, 0.25) is 0 Å². The molecule has 148 valence electrons. The third-order valence-electron chi connectivity index (χ3n) is 7.47. The van der Waals surface area contributed by atoms with Crippen LogP contribution in [0.3, 0.4) is 0 Å². The third kappa shape index (κ3) is 3.31. The highest BCUT2D eigenvalue weighted by Gasteiger charge is 2.45. The number of alkyl halides is 1. The highest BCUT2D eigenvalue weighted by atomic mass is 19.1. The fraction of sp³-hybridized carbons (Fsp3) is 1.00. The van der Waals surface area contributed by atoms with Gasteiger partial charge >= 0.3 is 0 Å². The van der Waals surface area contributed by atoms with E-state index in [1.165, 1.54) is 38.6 Å². The summed E-state index contributed by atoms with van der Waals surface area (Å²) >= 11 is 0. The number of piperidine rings is 1. The van der Waals surface area contributed by atoms with Gasteiger partial charge < -0.3 is 10.6 Å². The first kappa shape index (κ1) is 17.8. The number of nitrogens with zero attached hydrogens (tertiary/aromatic N) is 2. The first-order chi connectivity index (χ1) is 12.8. The van der Waals surface area contributed by atoms with Gasteiger partial charge in [-0.2, -0.15) is 0 Å². The Bertz CT molecular complexity index is 493. The molecule has 5 fully saturated rings. The van der Waals surface area contributed by atoms with E-state index in [1.54, 1.807) is 0 Å². The number of hydrogen-bond donors (Lipinski definition) is 4. The van der Waals surface area contributed by atoms with Crippen molar-refractivity contribution >= 4 is 0 Å². The molecular weight excluding hydrogens is 331 g/mol. The molecule has 0 aliphatic carbocycles. The largest absolute Gasteiger partial charge is 0.311 e. The normalized spacial score (nSPS) is 48.1. The van der Waals surface area contributed by atoms with E-state index >= 15 is 0 Å². The second-order valence-corrected chi connectivity index (χ2v) is 8.99. The van der Waals surface area contributed by atoms with Crippen LogP contribution in [0.15, 0.2) is 0 Å². The number of nitrogens with one attached hydrogen (secondary N) is 4. The Morgan fingerprint density at radius 2 is 1.85 bits per heavy atom. The van der Waals surface area contributed by atoms with E-state index in [2.05, 4.69) is 31.3 Å². The number of rotatable bonds is 0. The van der Waals surface area contributed by atoms with E-state index in [0.29, 0.717) is 42.9 Å². The third-order valence-corrected chi connectivity index (χ3v) is 7.47. The Kier molecular flexibility index (Phi) is 5.20. The minimum Gasteiger partial charge on any atom is -0.311 e. The first-order valence-corrected chi connectivity index (χ1v) is 10.9. The molecule has 5 aliphatic rings. The maximum Gasteiger partial charge on any atom is 0.113 e. The number of hydrazine groups is 1. The number of fused-ring (bicyclic) bond motifs is 5. The van der Waals surface area contributed by atoms with Gasteiger partial charge in [0.1, 0.15) is 6.17 Å². The maximum atomic E-state index is 14.3. The molecule has 5 saturated heterocycles. The molecule has 5 aliphatic heterocycles. The van der Waals surface area contributed by atoms with E-state index in [-0.39, 0.29) is 0 Å². The van der Waals surface area contributed by atoms with Crippen LogP contribution in [0.5, 0.6) is 0 Å². The van der Waals surface area contributed by atoms with Crippen molar-refractivity contribution in [2.45, 2.75) is 81.6 Å². The van der Waals surface area contributed by atoms with Crippen molar-refractivity contribution in [2.24, 2.45) is 5.92 Å². The Morgan fingerprint density at radius 3 is 2.81 bits per heavy atom. The molecule has 0 radical (unpaired) electrons. The fourth-order valence-electron chi connectivity index (χ4n) is 6.21. The summed E-state index contributed by atoms with van der Waals surface area (Å²) in [5, 5.41) is 13.7. The molecule has 2 bridgehead atoms. The topological polar surface area (TPSA) is 54.6 Å². The smallest absolute Gasteiger partial charge is 0.113 e.